The summed E-state index contributed by atoms with van der Waals surface area (Å²) in [7, 11) is 1.35. The Hall–Kier alpha value is -4.06. The number of β-lactam (4-membered cyclic amide) rings is 1. The van der Waals surface area contributed by atoms with Crippen molar-refractivity contribution in [1.82, 2.24) is 20.5 Å². The number of hydrogen-bond acceptors (Lipinski definition) is 15. The number of thiazole rings is 1. The zero-order chi connectivity index (χ0) is 28.9. The van der Waals surface area contributed by atoms with Gasteiger partial charge in [-0.05, 0) is 13.8 Å². The van der Waals surface area contributed by atoms with E-state index in [9.17, 15) is 29.2 Å². The first-order chi connectivity index (χ1) is 18.5. The van der Waals surface area contributed by atoms with Gasteiger partial charge in [-0.2, -0.15) is 0 Å². The van der Waals surface area contributed by atoms with Gasteiger partial charge in [0.1, 0.15) is 29.4 Å². The highest BCUT2D eigenvalue weighted by Crippen LogP contribution is 2.41. The summed E-state index contributed by atoms with van der Waals surface area (Å²) in [6, 6.07) is -1.10. The summed E-state index contributed by atoms with van der Waals surface area (Å²) in [5, 5.41) is 17.8. The third-order valence-electron chi connectivity index (χ3n) is 5.06. The van der Waals surface area contributed by atoms with Gasteiger partial charge >= 0.3 is 18.2 Å². The van der Waals surface area contributed by atoms with E-state index < -0.39 is 59.6 Å². The Morgan fingerprint density at radius 2 is 1.97 bits per heavy atom. The molecule has 3 atom stereocenters. The second-order valence-electron chi connectivity index (χ2n) is 8.17. The number of anilines is 1. The molecule has 0 aliphatic carbocycles. The molecule has 212 valence electrons. The predicted octanol–water partition coefficient (Wildman–Crippen LogP) is 0.364. The summed E-state index contributed by atoms with van der Waals surface area (Å²) < 4.78 is 20.0. The molecule has 16 nitrogen and oxygen atoms in total. The van der Waals surface area contributed by atoms with Crippen molar-refractivity contribution in [3.8, 4) is 0 Å². The first-order valence-electron chi connectivity index (χ1n) is 11.3. The lowest BCUT2D eigenvalue weighted by atomic mass is 10.0. The van der Waals surface area contributed by atoms with Crippen LogP contribution in [0.3, 0.4) is 0 Å². The molecule has 3 rings (SSSR count). The molecule has 0 saturated carbocycles. The molecule has 0 spiro atoms. The van der Waals surface area contributed by atoms with Crippen LogP contribution in [0.1, 0.15) is 26.5 Å². The van der Waals surface area contributed by atoms with Gasteiger partial charge in [-0.25, -0.2) is 19.4 Å². The molecule has 2 aliphatic rings. The lowest BCUT2D eigenvalue weighted by Crippen LogP contribution is -2.71. The minimum Gasteiger partial charge on any atom is -0.445 e. The standard InChI is InChI=1S/C21H26N6O10S2/c1-8(2)35-21(32)37-9(3)36-18(30)14-10(5-34-20(31)23-4)6-38-17-13(16(29)27(14)17)25-15(28)12(26-33)11-7-39-19(22)24-11/h7-9,13,17,33H,5-6H2,1-4H3,(H2,22,24)(H,23,31)(H,25,28)/b26-12-/t9?,13?,17-/m0/s1. The number of nitrogen functional groups attached to an aromatic ring is 1. The largest absolute Gasteiger partial charge is 0.511 e. The summed E-state index contributed by atoms with van der Waals surface area (Å²) >= 11 is 2.21. The number of esters is 1. The van der Waals surface area contributed by atoms with E-state index in [1.54, 1.807) is 13.8 Å². The zero-order valence-electron chi connectivity index (χ0n) is 21.2. The molecule has 2 unspecified atom stereocenters. The van der Waals surface area contributed by atoms with Crippen molar-refractivity contribution in [2.75, 3.05) is 25.1 Å². The number of aromatic nitrogens is 1. The van der Waals surface area contributed by atoms with Gasteiger partial charge in [-0.1, -0.05) is 5.16 Å². The Kier molecular flexibility index (Phi) is 9.57. The number of alkyl carbamates (subject to hydrolysis) is 1. The molecule has 2 aliphatic heterocycles. The number of carbonyl (C=O) groups is 5. The van der Waals surface area contributed by atoms with Crippen LogP contribution >= 0.6 is 23.1 Å². The van der Waals surface area contributed by atoms with Gasteiger partial charge in [0.15, 0.2) is 10.8 Å². The van der Waals surface area contributed by atoms with Crippen LogP contribution in [0.25, 0.3) is 0 Å². The highest BCUT2D eigenvalue weighted by molar-refractivity contribution is 8.00. The SMILES string of the molecule is CNC(=O)OCC1=C(C(=O)OC(C)OC(=O)OC(C)C)N2C(=O)C(NC(=O)/C(=N\O)c3csc(N)n3)[C@@H]2SC1. The fourth-order valence-electron chi connectivity index (χ4n) is 3.41. The third kappa shape index (κ3) is 6.88. The molecular formula is C21H26N6O10S2. The van der Waals surface area contributed by atoms with Crippen molar-refractivity contribution >= 4 is 64.0 Å². The zero-order valence-corrected chi connectivity index (χ0v) is 22.8. The number of ether oxygens (including phenoxy) is 4. The fraction of sp³-hybridized carbons (Fsp3) is 0.476. The minimum absolute atomic E-state index is 0.0141. The van der Waals surface area contributed by atoms with Gasteiger partial charge < -0.3 is 40.5 Å². The van der Waals surface area contributed by atoms with Crippen LogP contribution in [0.5, 0.6) is 0 Å². The van der Waals surface area contributed by atoms with E-state index in [0.717, 1.165) is 16.2 Å². The number of oxime groups is 1. The van der Waals surface area contributed by atoms with Crippen molar-refractivity contribution in [2.24, 2.45) is 5.16 Å². The first-order valence-corrected chi connectivity index (χ1v) is 13.2. The fourth-order valence-corrected chi connectivity index (χ4v) is 5.29. The molecule has 3 heterocycles. The van der Waals surface area contributed by atoms with Gasteiger partial charge in [0.05, 0.1) is 6.10 Å². The summed E-state index contributed by atoms with van der Waals surface area (Å²) in [6.45, 7) is 4.14. The first kappa shape index (κ1) is 29.5. The van der Waals surface area contributed by atoms with E-state index in [0.29, 0.717) is 0 Å². The van der Waals surface area contributed by atoms with Crippen LogP contribution in [0.15, 0.2) is 21.8 Å². The number of amides is 3. The van der Waals surface area contributed by atoms with Crippen molar-refractivity contribution in [3.63, 3.8) is 0 Å². The van der Waals surface area contributed by atoms with Crippen LogP contribution in [0, 0.1) is 0 Å². The molecular weight excluding hydrogens is 560 g/mol. The third-order valence-corrected chi connectivity index (χ3v) is 7.07. The van der Waals surface area contributed by atoms with Crippen LogP contribution in [-0.4, -0.2) is 94.1 Å². The second-order valence-corrected chi connectivity index (χ2v) is 10.2. The van der Waals surface area contributed by atoms with Crippen LogP contribution in [0.4, 0.5) is 14.7 Å². The van der Waals surface area contributed by atoms with E-state index in [1.807, 2.05) is 0 Å². The molecule has 1 fully saturated rings. The maximum Gasteiger partial charge on any atom is 0.511 e. The summed E-state index contributed by atoms with van der Waals surface area (Å²) in [4.78, 5) is 67.3. The summed E-state index contributed by atoms with van der Waals surface area (Å²) in [6.07, 6.45) is -3.69. The number of thioether (sulfide) groups is 1. The lowest BCUT2D eigenvalue weighted by molar-refractivity contribution is -0.169. The molecule has 39 heavy (non-hydrogen) atoms. The van der Waals surface area contributed by atoms with E-state index in [-0.39, 0.29) is 34.5 Å². The Bertz CT molecular complexity index is 1220. The number of rotatable bonds is 9. The Morgan fingerprint density at radius 3 is 2.56 bits per heavy atom. The molecule has 1 saturated heterocycles. The summed E-state index contributed by atoms with van der Waals surface area (Å²) in [5.74, 6) is -2.49. The molecule has 18 heteroatoms. The van der Waals surface area contributed by atoms with Crippen molar-refractivity contribution in [3.05, 3.63) is 22.3 Å². The van der Waals surface area contributed by atoms with E-state index in [2.05, 4.69) is 20.8 Å². The average molecular weight is 587 g/mol. The molecule has 5 N–H and O–H groups in total. The van der Waals surface area contributed by atoms with Crippen LogP contribution < -0.4 is 16.4 Å². The number of nitrogens with two attached hydrogens (primary N) is 1. The van der Waals surface area contributed by atoms with Crippen molar-refractivity contribution in [2.45, 2.75) is 44.6 Å². The van der Waals surface area contributed by atoms with Gasteiger partial charge in [-0.3, -0.25) is 14.5 Å². The molecule has 0 aromatic carbocycles. The average Bonchev–Trinajstić information content (AvgIpc) is 3.30. The summed E-state index contributed by atoms with van der Waals surface area (Å²) in [5.41, 5.74) is 5.14. The highest BCUT2D eigenvalue weighted by Gasteiger charge is 2.55. The number of hydrogen-bond donors (Lipinski definition) is 4. The van der Waals surface area contributed by atoms with E-state index in [4.69, 9.17) is 24.7 Å². The van der Waals surface area contributed by atoms with Gasteiger partial charge in [0.25, 0.3) is 11.8 Å². The van der Waals surface area contributed by atoms with E-state index in [1.165, 1.54) is 31.1 Å². The van der Waals surface area contributed by atoms with Crippen LogP contribution in [-0.2, 0) is 33.3 Å². The molecule has 3 amide bonds. The maximum absolute atomic E-state index is 13.1. The molecule has 1 aromatic rings. The van der Waals surface area contributed by atoms with Gasteiger partial charge in [-0.15, -0.1) is 23.1 Å². The Labute approximate surface area is 229 Å². The predicted molar refractivity (Wildman–Crippen MR) is 136 cm³/mol. The number of fused-ring (bicyclic) bond motifs is 1. The van der Waals surface area contributed by atoms with Crippen LogP contribution in [0.2, 0.25) is 0 Å². The van der Waals surface area contributed by atoms with E-state index >= 15 is 0 Å². The number of nitrogens with zero attached hydrogens (tertiary/aromatic N) is 3. The normalized spacial score (nSPS) is 19.5. The smallest absolute Gasteiger partial charge is 0.445 e. The second kappa shape index (κ2) is 12.7. The lowest BCUT2D eigenvalue weighted by Gasteiger charge is -2.49. The molecule has 1 aromatic heterocycles. The van der Waals surface area contributed by atoms with Crippen molar-refractivity contribution in [1.29, 1.82) is 0 Å². The van der Waals surface area contributed by atoms with Gasteiger partial charge in [0.2, 0.25) is 6.29 Å². The topological polar surface area (TPSA) is 221 Å². The van der Waals surface area contributed by atoms with Gasteiger partial charge in [0, 0.05) is 30.7 Å². The number of carbonyl (C=O) groups excluding carboxylic acids is 5. The Morgan fingerprint density at radius 1 is 1.26 bits per heavy atom. The molecule has 0 bridgehead atoms. The quantitative estimate of drug-likeness (QED) is 0.0585. The maximum atomic E-state index is 13.1. The number of nitrogens with one attached hydrogen (secondary N) is 2. The highest BCUT2D eigenvalue weighted by atomic mass is 32.2. The Balaban J connectivity index is 1.77. The minimum atomic E-state index is -1.38. The molecule has 0 radical (unpaired) electrons. The monoisotopic (exact) mass is 586 g/mol. The van der Waals surface area contributed by atoms with Crippen molar-refractivity contribution < 1.29 is 48.1 Å².